The molecule has 0 fully saturated rings. The van der Waals surface area contributed by atoms with Crippen molar-refractivity contribution in [1.82, 2.24) is 20.3 Å². The van der Waals surface area contributed by atoms with Crippen molar-refractivity contribution >= 4 is 12.0 Å². The van der Waals surface area contributed by atoms with Gasteiger partial charge in [-0.15, -0.1) is 12.8 Å². The molecule has 0 radical (unpaired) electrons. The third-order valence-electron chi connectivity index (χ3n) is 6.44. The van der Waals surface area contributed by atoms with Gasteiger partial charge in [-0.2, -0.15) is 0 Å². The van der Waals surface area contributed by atoms with E-state index in [4.69, 9.17) is 10.2 Å². The summed E-state index contributed by atoms with van der Waals surface area (Å²) >= 11 is 0. The third-order valence-corrected chi connectivity index (χ3v) is 6.44. The van der Waals surface area contributed by atoms with E-state index in [0.717, 1.165) is 36.0 Å². The van der Waals surface area contributed by atoms with Crippen LogP contribution in [0.25, 0.3) is 6.08 Å². The predicted octanol–water partition coefficient (Wildman–Crippen LogP) is 7.71. The number of unbranched alkanes of at least 4 members (excludes halogenated alkanes) is 2. The molecule has 1 aromatic heterocycles. The number of carbonyl (C=O) groups excluding carboxylic acids is 1. The van der Waals surface area contributed by atoms with Gasteiger partial charge < -0.3 is 14.8 Å². The summed E-state index contributed by atoms with van der Waals surface area (Å²) < 4.78 is 1.98. The average Bonchev–Trinajstić information content (AvgIpc) is 3.05. The minimum atomic E-state index is -0.574. The van der Waals surface area contributed by atoms with Crippen LogP contribution in [0.1, 0.15) is 91.7 Å². The molecule has 0 bridgehead atoms. The van der Waals surface area contributed by atoms with Gasteiger partial charge in [0.05, 0.1) is 6.67 Å². The van der Waals surface area contributed by atoms with Crippen molar-refractivity contribution < 1.29 is 10.0 Å². The average molecular weight is 606 g/mol. The third kappa shape index (κ3) is 20.0. The molecule has 0 saturated carbocycles. The number of benzene rings is 1. The topological polar surface area (TPSA) is 81.9 Å². The lowest BCUT2D eigenvalue weighted by atomic mass is 10.1. The molecule has 44 heavy (non-hydrogen) atoms. The Balaban J connectivity index is 0. The lowest BCUT2D eigenvalue weighted by Crippen LogP contribution is -2.28. The number of aryl methyl sites for hydroxylation is 1. The van der Waals surface area contributed by atoms with E-state index >= 15 is 0 Å². The Labute approximate surface area is 268 Å². The van der Waals surface area contributed by atoms with Gasteiger partial charge in [0.2, 0.25) is 0 Å². The molecule has 0 aliphatic heterocycles. The zero-order valence-corrected chi connectivity index (χ0v) is 28.6. The van der Waals surface area contributed by atoms with Crippen LogP contribution in [0.2, 0.25) is 0 Å². The molecular formula is C37H59N5O2. The summed E-state index contributed by atoms with van der Waals surface area (Å²) in [5.41, 5.74) is 6.88. The van der Waals surface area contributed by atoms with E-state index in [2.05, 4.69) is 94.7 Å². The Morgan fingerprint density at radius 1 is 1.14 bits per heavy atom. The molecule has 0 aliphatic rings. The monoisotopic (exact) mass is 605 g/mol. The number of hydrogen-bond donors (Lipinski definition) is 3. The van der Waals surface area contributed by atoms with Crippen LogP contribution in [-0.2, 0) is 17.9 Å². The van der Waals surface area contributed by atoms with Crippen LogP contribution in [0, 0.1) is 12.8 Å². The van der Waals surface area contributed by atoms with Crippen molar-refractivity contribution in [2.75, 3.05) is 13.6 Å². The first-order valence-electron chi connectivity index (χ1n) is 15.7. The number of pyridine rings is 1. The number of nitrogens with zero attached hydrogens (tertiary/aromatic N) is 3. The van der Waals surface area contributed by atoms with E-state index in [9.17, 15) is 4.79 Å². The van der Waals surface area contributed by atoms with E-state index < -0.39 is 5.91 Å². The van der Waals surface area contributed by atoms with E-state index in [1.165, 1.54) is 43.1 Å². The molecule has 7 nitrogen and oxygen atoms in total. The smallest absolute Gasteiger partial charge is 0.267 e. The predicted molar refractivity (Wildman–Crippen MR) is 189 cm³/mol. The number of hydroxylamine groups is 1. The summed E-state index contributed by atoms with van der Waals surface area (Å²) in [6.45, 7) is 20.2. The van der Waals surface area contributed by atoms with Crippen molar-refractivity contribution in [2.24, 2.45) is 4.99 Å². The van der Waals surface area contributed by atoms with Gasteiger partial charge in [-0.05, 0) is 75.8 Å². The zero-order chi connectivity index (χ0) is 33.8. The van der Waals surface area contributed by atoms with E-state index in [1.807, 2.05) is 49.7 Å². The minimum Gasteiger partial charge on any atom is -0.378 e. The van der Waals surface area contributed by atoms with Gasteiger partial charge in [-0.3, -0.25) is 15.0 Å². The summed E-state index contributed by atoms with van der Waals surface area (Å²) in [4.78, 5) is 18.4. The highest BCUT2D eigenvalue weighted by Gasteiger charge is 2.03. The summed E-state index contributed by atoms with van der Waals surface area (Å²) in [6.07, 6.45) is 22.1. The molecule has 2 rings (SSSR count). The summed E-state index contributed by atoms with van der Waals surface area (Å²) in [5, 5.41) is 11.8. The number of carbonyl (C=O) groups is 1. The molecule has 3 N–H and O–H groups in total. The maximum atomic E-state index is 11.2. The fourth-order valence-electron chi connectivity index (χ4n) is 4.07. The number of nitrogens with one attached hydrogen (secondary N) is 2. The Morgan fingerprint density at radius 3 is 2.34 bits per heavy atom. The van der Waals surface area contributed by atoms with Crippen molar-refractivity contribution in [3.8, 4) is 12.8 Å². The highest BCUT2D eigenvalue weighted by atomic mass is 16.5. The highest BCUT2D eigenvalue weighted by molar-refractivity contribution is 5.90. The minimum absolute atomic E-state index is 0.165. The van der Waals surface area contributed by atoms with Crippen molar-refractivity contribution in [1.29, 1.82) is 0 Å². The molecule has 7 heteroatoms. The Bertz CT molecular complexity index is 1180. The number of aromatic nitrogens is 1. The quantitative estimate of drug-likeness (QED) is 0.0639. The standard InChI is InChI=1S/C22H28N4O2.C11H23N.C2H6.C2H2/c1-17(2)23-16-26-15-20(12-14-22(27)25-28)11-13-21(26)24-18(3)9-10-19-7-5-4-6-8-19;1-5-8-9-10-12(4)11(6-2)7-3;2*1-2/h4-8,11-15,18,23,28H,1,9-10,16H2,2-3H3,(H,25,27);6H,5,7-10H2,1-4H3;1-2H3;1-2H/b14-12+,24-21?;11-6+;;. The second kappa shape index (κ2) is 27.8. The van der Waals surface area contributed by atoms with Gasteiger partial charge in [0, 0.05) is 43.3 Å². The van der Waals surface area contributed by atoms with Crippen LogP contribution in [0.15, 0.2) is 83.8 Å². The maximum absolute atomic E-state index is 11.2. The van der Waals surface area contributed by atoms with Gasteiger partial charge in [0.15, 0.2) is 0 Å². The lowest BCUT2D eigenvalue weighted by Gasteiger charge is -2.21. The Hall–Kier alpha value is -4.02. The van der Waals surface area contributed by atoms with Gasteiger partial charge in [0.25, 0.3) is 5.91 Å². The second-order valence-electron chi connectivity index (χ2n) is 9.98. The zero-order valence-electron chi connectivity index (χ0n) is 28.6. The second-order valence-corrected chi connectivity index (χ2v) is 9.98. The number of amides is 1. The van der Waals surface area contributed by atoms with Crippen molar-refractivity contribution in [3.63, 3.8) is 0 Å². The molecule has 1 unspecified atom stereocenters. The number of allylic oxidation sites excluding steroid dienone is 3. The van der Waals surface area contributed by atoms with Crippen molar-refractivity contribution in [2.45, 2.75) is 99.7 Å². The molecular weight excluding hydrogens is 546 g/mol. The fraction of sp³-hybridized carbons (Fsp3) is 0.459. The molecule has 0 spiro atoms. The summed E-state index contributed by atoms with van der Waals surface area (Å²) in [5.74, 6) is -0.574. The van der Waals surface area contributed by atoms with E-state index in [1.54, 1.807) is 11.6 Å². The maximum Gasteiger partial charge on any atom is 0.267 e. The Kier molecular flexibility index (Phi) is 26.6. The van der Waals surface area contributed by atoms with E-state index in [0.29, 0.717) is 6.67 Å². The van der Waals surface area contributed by atoms with Crippen LogP contribution in [0.4, 0.5) is 0 Å². The molecule has 2 aromatic rings. The fourth-order valence-corrected chi connectivity index (χ4v) is 4.07. The summed E-state index contributed by atoms with van der Waals surface area (Å²) in [7, 11) is 2.19. The largest absolute Gasteiger partial charge is 0.378 e. The molecule has 1 atom stereocenters. The van der Waals surface area contributed by atoms with Crippen LogP contribution in [0.3, 0.4) is 0 Å². The van der Waals surface area contributed by atoms with Gasteiger partial charge >= 0.3 is 0 Å². The molecule has 1 amide bonds. The highest BCUT2D eigenvalue weighted by Crippen LogP contribution is 2.08. The number of rotatable bonds is 15. The van der Waals surface area contributed by atoms with Gasteiger partial charge in [-0.25, -0.2) is 5.48 Å². The molecule has 1 aromatic carbocycles. The normalized spacial score (nSPS) is 11.5. The lowest BCUT2D eigenvalue weighted by molar-refractivity contribution is -0.124. The first kappa shape index (κ1) is 42.1. The van der Waals surface area contributed by atoms with Crippen LogP contribution >= 0.6 is 0 Å². The van der Waals surface area contributed by atoms with Crippen LogP contribution in [-0.4, -0.2) is 40.2 Å². The first-order chi connectivity index (χ1) is 21.2. The first-order valence-corrected chi connectivity index (χ1v) is 15.7. The van der Waals surface area contributed by atoms with Crippen LogP contribution in [0.5, 0.6) is 0 Å². The number of terminal acetylenes is 1. The van der Waals surface area contributed by atoms with Crippen LogP contribution < -0.4 is 16.3 Å². The number of hydrogen-bond acceptors (Lipinski definition) is 5. The van der Waals surface area contributed by atoms with Gasteiger partial charge in [0.1, 0.15) is 5.49 Å². The van der Waals surface area contributed by atoms with Gasteiger partial charge in [-0.1, -0.05) is 83.5 Å². The Morgan fingerprint density at radius 2 is 1.80 bits per heavy atom. The SMILES string of the molecule is C#C.C/C=C(\CC)N(C)CCCCC.C=C(C)NCn1cc(/C=C/C(=O)NO)ccc1=NC(C)CCc1ccccc1.CC. The summed E-state index contributed by atoms with van der Waals surface area (Å²) in [6, 6.07) is 14.4. The molecule has 244 valence electrons. The van der Waals surface area contributed by atoms with E-state index in [-0.39, 0.29) is 6.04 Å². The van der Waals surface area contributed by atoms with Crippen molar-refractivity contribution in [3.05, 3.63) is 95.4 Å². The molecule has 1 heterocycles. The molecule has 0 aliphatic carbocycles. The molecule has 0 saturated heterocycles.